The summed E-state index contributed by atoms with van der Waals surface area (Å²) >= 11 is 5.76. The Morgan fingerprint density at radius 3 is 2.76 bits per heavy atom. The van der Waals surface area contributed by atoms with Gasteiger partial charge in [-0.2, -0.15) is 0 Å². The Morgan fingerprint density at radius 2 is 2.12 bits per heavy atom. The first kappa shape index (κ1) is 11.7. The molecule has 0 bridgehead atoms. The van der Waals surface area contributed by atoms with Crippen molar-refractivity contribution in [3.05, 3.63) is 52.9 Å². The zero-order valence-electron chi connectivity index (χ0n) is 9.27. The van der Waals surface area contributed by atoms with E-state index in [0.717, 1.165) is 5.56 Å². The third-order valence-corrected chi connectivity index (χ3v) is 2.75. The minimum atomic E-state index is -0.0896. The Morgan fingerprint density at radius 1 is 1.35 bits per heavy atom. The minimum Gasteiger partial charge on any atom is -0.496 e. The van der Waals surface area contributed by atoms with Crippen LogP contribution in [0, 0.1) is 0 Å². The van der Waals surface area contributed by atoms with E-state index in [9.17, 15) is 4.79 Å². The van der Waals surface area contributed by atoms with Crippen LogP contribution in [0.3, 0.4) is 0 Å². The van der Waals surface area contributed by atoms with Crippen molar-refractivity contribution in [1.29, 1.82) is 0 Å². The molecule has 0 aliphatic heterocycles. The Labute approximate surface area is 104 Å². The number of ether oxygens (including phenoxy) is 1. The standard InChI is InChI=1S/C13H11ClO3/c1-16-12-5-3-2-4-9(12)8-11(15)10-6-7-17-13(10)14/h2-7H,8H2,1H3. The van der Waals surface area contributed by atoms with Gasteiger partial charge in [0.15, 0.2) is 5.78 Å². The average Bonchev–Trinajstić information content (AvgIpc) is 2.76. The summed E-state index contributed by atoms with van der Waals surface area (Å²) in [5, 5.41) is 0.130. The Hall–Kier alpha value is -1.74. The van der Waals surface area contributed by atoms with Gasteiger partial charge in [-0.25, -0.2) is 0 Å². The number of furan rings is 1. The predicted molar refractivity (Wildman–Crippen MR) is 64.7 cm³/mol. The predicted octanol–water partition coefficient (Wildman–Crippen LogP) is 3.37. The summed E-state index contributed by atoms with van der Waals surface area (Å²) in [4.78, 5) is 12.0. The summed E-state index contributed by atoms with van der Waals surface area (Å²) in [6.07, 6.45) is 1.64. The summed E-state index contributed by atoms with van der Waals surface area (Å²) in [6, 6.07) is 8.96. The van der Waals surface area contributed by atoms with E-state index in [1.54, 1.807) is 13.2 Å². The average molecular weight is 251 g/mol. The van der Waals surface area contributed by atoms with Crippen LogP contribution < -0.4 is 4.74 Å². The SMILES string of the molecule is COc1ccccc1CC(=O)c1ccoc1Cl. The van der Waals surface area contributed by atoms with Crippen molar-refractivity contribution in [2.24, 2.45) is 0 Å². The third-order valence-electron chi connectivity index (χ3n) is 2.46. The van der Waals surface area contributed by atoms with Crippen LogP contribution in [-0.4, -0.2) is 12.9 Å². The molecule has 4 heteroatoms. The maximum absolute atomic E-state index is 12.0. The molecule has 2 aromatic rings. The number of carbonyl (C=O) groups is 1. The fourth-order valence-corrected chi connectivity index (χ4v) is 1.83. The van der Waals surface area contributed by atoms with Gasteiger partial charge in [0.2, 0.25) is 5.22 Å². The summed E-state index contributed by atoms with van der Waals surface area (Å²) in [5.41, 5.74) is 1.23. The molecular weight excluding hydrogens is 240 g/mol. The van der Waals surface area contributed by atoms with E-state index in [2.05, 4.69) is 0 Å². The fourth-order valence-electron chi connectivity index (χ4n) is 1.61. The first-order chi connectivity index (χ1) is 8.22. The number of hydrogen-bond donors (Lipinski definition) is 0. The van der Waals surface area contributed by atoms with E-state index >= 15 is 0 Å². The molecule has 1 aromatic heterocycles. The van der Waals surface area contributed by atoms with Crippen molar-refractivity contribution in [2.75, 3.05) is 7.11 Å². The number of Topliss-reactive ketones (excluding diaryl/α,β-unsaturated/α-hetero) is 1. The van der Waals surface area contributed by atoms with E-state index in [1.807, 2.05) is 24.3 Å². The highest BCUT2D eigenvalue weighted by atomic mass is 35.5. The van der Waals surface area contributed by atoms with Crippen LogP contribution in [-0.2, 0) is 6.42 Å². The zero-order chi connectivity index (χ0) is 12.3. The summed E-state index contributed by atoms with van der Waals surface area (Å²) in [7, 11) is 1.58. The van der Waals surface area contributed by atoms with Crippen LogP contribution in [0.1, 0.15) is 15.9 Å². The van der Waals surface area contributed by atoms with Gasteiger partial charge in [0.05, 0.1) is 18.9 Å². The summed E-state index contributed by atoms with van der Waals surface area (Å²) in [5.74, 6) is 0.605. The van der Waals surface area contributed by atoms with Crippen LogP contribution in [0.5, 0.6) is 5.75 Å². The topological polar surface area (TPSA) is 39.4 Å². The molecule has 0 saturated carbocycles. The molecule has 0 N–H and O–H groups in total. The highest BCUT2D eigenvalue weighted by molar-refractivity contribution is 6.32. The Kier molecular flexibility index (Phi) is 3.49. The lowest BCUT2D eigenvalue weighted by Crippen LogP contribution is -2.04. The second-order valence-corrected chi connectivity index (χ2v) is 3.86. The maximum Gasteiger partial charge on any atom is 0.203 e. The minimum absolute atomic E-state index is 0.0896. The third kappa shape index (κ3) is 2.50. The number of methoxy groups -OCH3 is 1. The molecule has 0 unspecified atom stereocenters. The molecule has 0 fully saturated rings. The molecule has 1 aromatic carbocycles. The van der Waals surface area contributed by atoms with Crippen LogP contribution >= 0.6 is 11.6 Å². The van der Waals surface area contributed by atoms with Crippen molar-refractivity contribution < 1.29 is 13.9 Å². The van der Waals surface area contributed by atoms with E-state index in [1.165, 1.54) is 6.26 Å². The molecule has 0 amide bonds. The van der Waals surface area contributed by atoms with Crippen LogP contribution in [0.15, 0.2) is 41.0 Å². The molecular formula is C13H11ClO3. The number of benzene rings is 1. The molecule has 0 spiro atoms. The number of ketones is 1. The fraction of sp³-hybridized carbons (Fsp3) is 0.154. The molecule has 88 valence electrons. The highest BCUT2D eigenvalue weighted by Gasteiger charge is 2.15. The smallest absolute Gasteiger partial charge is 0.203 e. The van der Waals surface area contributed by atoms with Crippen molar-refractivity contribution in [1.82, 2.24) is 0 Å². The number of rotatable bonds is 4. The quantitative estimate of drug-likeness (QED) is 0.781. The van der Waals surface area contributed by atoms with Gasteiger partial charge >= 0.3 is 0 Å². The molecule has 0 aliphatic rings. The first-order valence-electron chi connectivity index (χ1n) is 5.10. The number of para-hydroxylation sites is 1. The molecule has 3 nitrogen and oxygen atoms in total. The van der Waals surface area contributed by atoms with E-state index in [0.29, 0.717) is 11.3 Å². The summed E-state index contributed by atoms with van der Waals surface area (Å²) < 4.78 is 10.1. The second-order valence-electron chi connectivity index (χ2n) is 3.52. The molecule has 0 saturated heterocycles. The summed E-state index contributed by atoms with van der Waals surface area (Å²) in [6.45, 7) is 0. The lowest BCUT2D eigenvalue weighted by molar-refractivity contribution is 0.0991. The van der Waals surface area contributed by atoms with Crippen molar-refractivity contribution in [2.45, 2.75) is 6.42 Å². The Balaban J connectivity index is 2.22. The maximum atomic E-state index is 12.0. The van der Waals surface area contributed by atoms with Crippen LogP contribution in [0.2, 0.25) is 5.22 Å². The molecule has 17 heavy (non-hydrogen) atoms. The molecule has 0 aliphatic carbocycles. The van der Waals surface area contributed by atoms with Crippen molar-refractivity contribution >= 4 is 17.4 Å². The first-order valence-corrected chi connectivity index (χ1v) is 5.48. The van der Waals surface area contributed by atoms with E-state index < -0.39 is 0 Å². The molecule has 1 heterocycles. The molecule has 0 radical (unpaired) electrons. The zero-order valence-corrected chi connectivity index (χ0v) is 10.0. The van der Waals surface area contributed by atoms with E-state index in [4.69, 9.17) is 20.8 Å². The normalized spacial score (nSPS) is 10.2. The van der Waals surface area contributed by atoms with Crippen LogP contribution in [0.4, 0.5) is 0 Å². The van der Waals surface area contributed by atoms with Gasteiger partial charge < -0.3 is 9.15 Å². The second kappa shape index (κ2) is 5.06. The largest absolute Gasteiger partial charge is 0.496 e. The van der Waals surface area contributed by atoms with Crippen molar-refractivity contribution in [3.8, 4) is 5.75 Å². The number of carbonyl (C=O) groups excluding carboxylic acids is 1. The lowest BCUT2D eigenvalue weighted by Gasteiger charge is -2.06. The Bertz CT molecular complexity index is 531. The van der Waals surface area contributed by atoms with Gasteiger partial charge in [0.1, 0.15) is 5.75 Å². The van der Waals surface area contributed by atoms with Crippen LogP contribution in [0.25, 0.3) is 0 Å². The van der Waals surface area contributed by atoms with Gasteiger partial charge in [-0.15, -0.1) is 0 Å². The van der Waals surface area contributed by atoms with Gasteiger partial charge in [-0.1, -0.05) is 18.2 Å². The van der Waals surface area contributed by atoms with Gasteiger partial charge in [-0.3, -0.25) is 4.79 Å². The molecule has 2 rings (SSSR count). The van der Waals surface area contributed by atoms with Gasteiger partial charge in [-0.05, 0) is 23.7 Å². The van der Waals surface area contributed by atoms with Gasteiger partial charge in [0.25, 0.3) is 0 Å². The monoisotopic (exact) mass is 250 g/mol. The van der Waals surface area contributed by atoms with Crippen molar-refractivity contribution in [3.63, 3.8) is 0 Å². The van der Waals surface area contributed by atoms with E-state index in [-0.39, 0.29) is 17.4 Å². The number of halogens is 1. The highest BCUT2D eigenvalue weighted by Crippen LogP contribution is 2.22. The number of hydrogen-bond acceptors (Lipinski definition) is 3. The molecule has 0 atom stereocenters. The van der Waals surface area contributed by atoms with Gasteiger partial charge in [0, 0.05) is 12.0 Å². The lowest BCUT2D eigenvalue weighted by atomic mass is 10.0.